The minimum absolute atomic E-state index is 0.0306. The summed E-state index contributed by atoms with van der Waals surface area (Å²) in [5, 5.41) is 2.56. The predicted molar refractivity (Wildman–Crippen MR) is 75.7 cm³/mol. The minimum Gasteiger partial charge on any atom is -0.497 e. The molecule has 1 aromatic rings. The molecule has 0 spiro atoms. The molecule has 2 amide bonds. The van der Waals surface area contributed by atoms with Gasteiger partial charge in [0.1, 0.15) is 11.6 Å². The van der Waals surface area contributed by atoms with E-state index in [9.17, 15) is 14.0 Å². The van der Waals surface area contributed by atoms with Crippen molar-refractivity contribution in [3.05, 3.63) is 29.6 Å². The Morgan fingerprint density at radius 3 is 2.67 bits per heavy atom. The molecule has 0 radical (unpaired) electrons. The molecule has 1 fully saturated rings. The summed E-state index contributed by atoms with van der Waals surface area (Å²) in [5.41, 5.74) is -0.0515. The minimum atomic E-state index is -0.641. The molecule has 5 nitrogen and oxygen atoms in total. The van der Waals surface area contributed by atoms with Crippen molar-refractivity contribution in [2.24, 2.45) is 0 Å². The second kappa shape index (κ2) is 7.06. The lowest BCUT2D eigenvalue weighted by Gasteiger charge is -2.15. The molecule has 114 valence electrons. The standard InChI is InChI=1S/C15H19FN2O3/c1-21-11-4-5-12(13(16)10-11)15(20)17-7-6-14(19)18-8-2-3-9-18/h4-5,10H,2-3,6-9H2,1H3,(H,17,20). The first-order chi connectivity index (χ1) is 10.1. The van der Waals surface area contributed by atoms with E-state index < -0.39 is 11.7 Å². The van der Waals surface area contributed by atoms with Crippen molar-refractivity contribution >= 4 is 11.8 Å². The number of rotatable bonds is 5. The summed E-state index contributed by atoms with van der Waals surface area (Å²) >= 11 is 0. The summed E-state index contributed by atoms with van der Waals surface area (Å²) < 4.78 is 18.6. The third kappa shape index (κ3) is 3.93. The molecule has 0 aromatic heterocycles. The van der Waals surface area contributed by atoms with Gasteiger partial charge in [-0.05, 0) is 25.0 Å². The molecular formula is C15H19FN2O3. The number of halogens is 1. The Hall–Kier alpha value is -2.11. The summed E-state index contributed by atoms with van der Waals surface area (Å²) in [6.07, 6.45) is 2.31. The molecule has 2 rings (SSSR count). The van der Waals surface area contributed by atoms with E-state index >= 15 is 0 Å². The molecule has 1 aromatic carbocycles. The van der Waals surface area contributed by atoms with E-state index in [0.717, 1.165) is 32.0 Å². The summed E-state index contributed by atoms with van der Waals surface area (Å²) in [4.78, 5) is 25.4. The number of likely N-dealkylation sites (tertiary alicyclic amines) is 1. The normalized spacial score (nSPS) is 14.1. The maximum atomic E-state index is 13.7. The van der Waals surface area contributed by atoms with Crippen LogP contribution in [0.2, 0.25) is 0 Å². The fourth-order valence-corrected chi connectivity index (χ4v) is 2.31. The molecule has 0 aliphatic carbocycles. The average molecular weight is 294 g/mol. The predicted octanol–water partition coefficient (Wildman–Crippen LogP) is 1.58. The Morgan fingerprint density at radius 1 is 1.33 bits per heavy atom. The maximum Gasteiger partial charge on any atom is 0.254 e. The van der Waals surface area contributed by atoms with Gasteiger partial charge in [-0.3, -0.25) is 9.59 Å². The smallest absolute Gasteiger partial charge is 0.254 e. The van der Waals surface area contributed by atoms with Gasteiger partial charge in [0.15, 0.2) is 0 Å². The monoisotopic (exact) mass is 294 g/mol. The van der Waals surface area contributed by atoms with Gasteiger partial charge in [-0.15, -0.1) is 0 Å². The molecule has 1 aliphatic heterocycles. The number of nitrogens with one attached hydrogen (secondary N) is 1. The fourth-order valence-electron chi connectivity index (χ4n) is 2.31. The van der Waals surface area contributed by atoms with Gasteiger partial charge in [0.25, 0.3) is 5.91 Å². The molecule has 0 unspecified atom stereocenters. The van der Waals surface area contributed by atoms with Crippen LogP contribution in [0.3, 0.4) is 0 Å². The highest BCUT2D eigenvalue weighted by Crippen LogP contribution is 2.16. The van der Waals surface area contributed by atoms with Crippen LogP contribution >= 0.6 is 0 Å². The number of benzene rings is 1. The number of carbonyl (C=O) groups excluding carboxylic acids is 2. The Labute approximate surface area is 123 Å². The van der Waals surface area contributed by atoms with Crippen LogP contribution in [0.5, 0.6) is 5.75 Å². The van der Waals surface area contributed by atoms with E-state index in [1.54, 1.807) is 4.90 Å². The molecule has 1 saturated heterocycles. The van der Waals surface area contributed by atoms with Gasteiger partial charge in [0.2, 0.25) is 5.91 Å². The van der Waals surface area contributed by atoms with Gasteiger partial charge >= 0.3 is 0 Å². The van der Waals surface area contributed by atoms with Gasteiger partial charge in [0.05, 0.1) is 12.7 Å². The first kappa shape index (κ1) is 15.3. The van der Waals surface area contributed by atoms with Crippen molar-refractivity contribution in [2.45, 2.75) is 19.3 Å². The van der Waals surface area contributed by atoms with Crippen molar-refractivity contribution in [1.82, 2.24) is 10.2 Å². The van der Waals surface area contributed by atoms with Crippen molar-refractivity contribution in [3.63, 3.8) is 0 Å². The summed E-state index contributed by atoms with van der Waals surface area (Å²) in [7, 11) is 1.43. The van der Waals surface area contributed by atoms with Crippen molar-refractivity contribution in [2.75, 3.05) is 26.7 Å². The Kier molecular flexibility index (Phi) is 5.14. The van der Waals surface area contributed by atoms with E-state index in [0.29, 0.717) is 5.75 Å². The first-order valence-electron chi connectivity index (χ1n) is 7.01. The number of amides is 2. The number of methoxy groups -OCH3 is 1. The maximum absolute atomic E-state index is 13.7. The van der Waals surface area contributed by atoms with Crippen LogP contribution in [-0.4, -0.2) is 43.5 Å². The second-order valence-electron chi connectivity index (χ2n) is 4.94. The van der Waals surface area contributed by atoms with Crippen LogP contribution in [0.15, 0.2) is 18.2 Å². The Balaban J connectivity index is 1.83. The summed E-state index contributed by atoms with van der Waals surface area (Å²) in [6, 6.07) is 4.05. The van der Waals surface area contributed by atoms with Crippen LogP contribution in [0.4, 0.5) is 4.39 Å². The topological polar surface area (TPSA) is 58.6 Å². The molecule has 1 N–H and O–H groups in total. The average Bonchev–Trinajstić information content (AvgIpc) is 3.01. The number of carbonyl (C=O) groups is 2. The number of ether oxygens (including phenoxy) is 1. The highest BCUT2D eigenvalue weighted by Gasteiger charge is 2.18. The number of nitrogens with zero attached hydrogens (tertiary/aromatic N) is 1. The Morgan fingerprint density at radius 2 is 2.05 bits per heavy atom. The van der Waals surface area contributed by atoms with Crippen molar-refractivity contribution in [3.8, 4) is 5.75 Å². The zero-order valence-corrected chi connectivity index (χ0v) is 12.0. The lowest BCUT2D eigenvalue weighted by molar-refractivity contribution is -0.129. The van der Waals surface area contributed by atoms with Crippen LogP contribution in [0.25, 0.3) is 0 Å². The van der Waals surface area contributed by atoms with Gasteiger partial charge in [-0.25, -0.2) is 4.39 Å². The van der Waals surface area contributed by atoms with E-state index in [1.807, 2.05) is 0 Å². The molecule has 0 saturated carbocycles. The van der Waals surface area contributed by atoms with E-state index in [2.05, 4.69) is 5.32 Å². The zero-order valence-electron chi connectivity index (χ0n) is 12.0. The molecule has 0 atom stereocenters. The van der Waals surface area contributed by atoms with E-state index in [-0.39, 0.29) is 24.4 Å². The fraction of sp³-hybridized carbons (Fsp3) is 0.467. The van der Waals surface area contributed by atoms with Gasteiger partial charge in [0, 0.05) is 32.1 Å². The first-order valence-corrected chi connectivity index (χ1v) is 7.01. The van der Waals surface area contributed by atoms with Crippen molar-refractivity contribution < 1.29 is 18.7 Å². The molecular weight excluding hydrogens is 275 g/mol. The highest BCUT2D eigenvalue weighted by atomic mass is 19.1. The molecule has 1 heterocycles. The molecule has 6 heteroatoms. The largest absolute Gasteiger partial charge is 0.497 e. The highest BCUT2D eigenvalue weighted by molar-refractivity contribution is 5.94. The Bertz CT molecular complexity index is 528. The van der Waals surface area contributed by atoms with Crippen molar-refractivity contribution in [1.29, 1.82) is 0 Å². The SMILES string of the molecule is COc1ccc(C(=O)NCCC(=O)N2CCCC2)c(F)c1. The molecule has 21 heavy (non-hydrogen) atoms. The summed E-state index contributed by atoms with van der Waals surface area (Å²) in [5.74, 6) is -0.779. The van der Waals surface area contributed by atoms with Gasteiger partial charge < -0.3 is 15.0 Å². The zero-order chi connectivity index (χ0) is 15.2. The number of hydrogen-bond donors (Lipinski definition) is 1. The third-order valence-electron chi connectivity index (χ3n) is 3.50. The molecule has 0 bridgehead atoms. The van der Waals surface area contributed by atoms with Crippen LogP contribution in [0, 0.1) is 5.82 Å². The van der Waals surface area contributed by atoms with Gasteiger partial charge in [-0.2, -0.15) is 0 Å². The van der Waals surface area contributed by atoms with Crippen LogP contribution < -0.4 is 10.1 Å². The number of hydrogen-bond acceptors (Lipinski definition) is 3. The van der Waals surface area contributed by atoms with Crippen LogP contribution in [-0.2, 0) is 4.79 Å². The second-order valence-corrected chi connectivity index (χ2v) is 4.94. The quantitative estimate of drug-likeness (QED) is 0.897. The van der Waals surface area contributed by atoms with Crippen LogP contribution in [0.1, 0.15) is 29.6 Å². The van der Waals surface area contributed by atoms with E-state index in [4.69, 9.17) is 4.74 Å². The van der Waals surface area contributed by atoms with E-state index in [1.165, 1.54) is 19.2 Å². The lowest BCUT2D eigenvalue weighted by atomic mass is 10.2. The lowest BCUT2D eigenvalue weighted by Crippen LogP contribution is -2.32. The summed E-state index contributed by atoms with van der Waals surface area (Å²) in [6.45, 7) is 1.79. The van der Waals surface area contributed by atoms with Gasteiger partial charge in [-0.1, -0.05) is 0 Å². The third-order valence-corrected chi connectivity index (χ3v) is 3.50. The molecule has 1 aliphatic rings.